The van der Waals surface area contributed by atoms with Gasteiger partial charge in [-0.3, -0.25) is 9.59 Å². The van der Waals surface area contributed by atoms with Crippen LogP contribution in [0.5, 0.6) is 0 Å². The Hall–Kier alpha value is -2.09. The Kier molecular flexibility index (Phi) is 7.21. The first-order valence-electron chi connectivity index (χ1n) is 7.71. The summed E-state index contributed by atoms with van der Waals surface area (Å²) in [5.74, 6) is -0.614. The number of benzene rings is 1. The predicted octanol–water partition coefficient (Wildman–Crippen LogP) is 1.07. The van der Waals surface area contributed by atoms with E-state index in [0.717, 1.165) is 17.0 Å². The monoisotopic (exact) mass is 346 g/mol. The summed E-state index contributed by atoms with van der Waals surface area (Å²) in [6.45, 7) is 6.17. The zero-order chi connectivity index (χ0) is 18.3. The summed E-state index contributed by atoms with van der Waals surface area (Å²) in [7, 11) is 0. The molecule has 8 heteroatoms. The van der Waals surface area contributed by atoms with E-state index in [-0.39, 0.29) is 30.7 Å². The van der Waals surface area contributed by atoms with Crippen molar-refractivity contribution < 1.29 is 27.7 Å². The van der Waals surface area contributed by atoms with Crippen LogP contribution in [-0.4, -0.2) is 37.5 Å². The number of alkyl halides is 3. The molecule has 0 heterocycles. The van der Waals surface area contributed by atoms with Gasteiger partial charge in [-0.15, -0.1) is 0 Å². The number of halogens is 3. The molecule has 3 N–H and O–H groups in total. The molecule has 0 bridgehead atoms. The third kappa shape index (κ3) is 6.99. The molecule has 24 heavy (non-hydrogen) atoms. The van der Waals surface area contributed by atoms with E-state index in [2.05, 4.69) is 10.6 Å². The van der Waals surface area contributed by atoms with Crippen LogP contribution in [0.15, 0.2) is 24.3 Å². The Bertz CT molecular complexity index is 574. The summed E-state index contributed by atoms with van der Waals surface area (Å²) in [5.41, 5.74) is -0.742. The number of amides is 2. The van der Waals surface area contributed by atoms with Crippen molar-refractivity contribution in [2.45, 2.75) is 33.0 Å². The first-order valence-corrected chi connectivity index (χ1v) is 7.71. The number of likely N-dealkylation sites (N-methyl/N-ethyl adjacent to an activating group) is 1. The maximum absolute atomic E-state index is 12.7. The highest BCUT2D eigenvalue weighted by Crippen LogP contribution is 2.30. The van der Waals surface area contributed by atoms with Gasteiger partial charge in [-0.2, -0.15) is 13.2 Å². The lowest BCUT2D eigenvalue weighted by atomic mass is 10.2. The van der Waals surface area contributed by atoms with E-state index < -0.39 is 17.6 Å². The zero-order valence-electron chi connectivity index (χ0n) is 14.0. The molecular weight excluding hydrogens is 323 g/mol. The number of nitrogens with one attached hydrogen (secondary N) is 3. The molecule has 5 nitrogen and oxygen atoms in total. The predicted molar refractivity (Wildman–Crippen MR) is 84.6 cm³/mol. The van der Waals surface area contributed by atoms with Crippen LogP contribution in [0, 0.1) is 0 Å². The van der Waals surface area contributed by atoms with Gasteiger partial charge in [-0.25, -0.2) is 0 Å². The maximum atomic E-state index is 12.7. The van der Waals surface area contributed by atoms with E-state index in [1.807, 2.05) is 20.8 Å². The normalized spacial score (nSPS) is 12.8. The highest BCUT2D eigenvalue weighted by molar-refractivity contribution is 5.91. The standard InChI is InChI=1S/C16H22F3N3O2/c1-4-22(9-14(23)20-11(2)3)10-15(24)21-13-7-5-6-12(8-13)16(17,18)19/h5-8,11H,4,9-10H2,1-3H3,(H,20,23)(H,21,24)/p+1. The largest absolute Gasteiger partial charge is 0.416 e. The fourth-order valence-electron chi connectivity index (χ4n) is 2.12. The van der Waals surface area contributed by atoms with Gasteiger partial charge in [0.2, 0.25) is 0 Å². The van der Waals surface area contributed by atoms with E-state index in [9.17, 15) is 22.8 Å². The lowest BCUT2D eigenvalue weighted by Gasteiger charge is -2.18. The minimum absolute atomic E-state index is 0.00173. The molecule has 1 aromatic rings. The SMILES string of the molecule is CC[NH+](CC(=O)Nc1cccc(C(F)(F)F)c1)CC(=O)NC(C)C. The molecule has 1 atom stereocenters. The second-order valence-electron chi connectivity index (χ2n) is 5.81. The summed E-state index contributed by atoms with van der Waals surface area (Å²) in [6, 6.07) is 4.46. The Balaban J connectivity index is 2.62. The molecule has 2 amide bonds. The molecule has 0 aliphatic carbocycles. The number of rotatable bonds is 7. The molecule has 1 rings (SSSR count). The average Bonchev–Trinajstić information content (AvgIpc) is 2.44. The van der Waals surface area contributed by atoms with Crippen LogP contribution >= 0.6 is 0 Å². The minimum atomic E-state index is -4.46. The van der Waals surface area contributed by atoms with Crippen LogP contribution in [0.25, 0.3) is 0 Å². The van der Waals surface area contributed by atoms with Crippen molar-refractivity contribution >= 4 is 17.5 Å². The highest BCUT2D eigenvalue weighted by atomic mass is 19.4. The van der Waals surface area contributed by atoms with Crippen molar-refractivity contribution in [1.82, 2.24) is 5.32 Å². The number of hydrogen-bond donors (Lipinski definition) is 3. The van der Waals surface area contributed by atoms with Crippen LogP contribution in [0.2, 0.25) is 0 Å². The second kappa shape index (κ2) is 8.68. The first kappa shape index (κ1) is 20.0. The molecule has 0 saturated heterocycles. The number of quaternary nitrogens is 1. The smallest absolute Gasteiger partial charge is 0.349 e. The topological polar surface area (TPSA) is 62.6 Å². The molecule has 1 aromatic carbocycles. The van der Waals surface area contributed by atoms with Crippen molar-refractivity contribution in [2.24, 2.45) is 0 Å². The van der Waals surface area contributed by atoms with E-state index in [1.165, 1.54) is 12.1 Å². The van der Waals surface area contributed by atoms with E-state index in [0.29, 0.717) is 6.54 Å². The van der Waals surface area contributed by atoms with Gasteiger partial charge in [-0.05, 0) is 39.0 Å². The Morgan fingerprint density at radius 2 is 1.79 bits per heavy atom. The molecule has 0 aromatic heterocycles. The van der Waals surface area contributed by atoms with Gasteiger partial charge < -0.3 is 15.5 Å². The highest BCUT2D eigenvalue weighted by Gasteiger charge is 2.30. The van der Waals surface area contributed by atoms with E-state index >= 15 is 0 Å². The van der Waals surface area contributed by atoms with Crippen LogP contribution in [0.3, 0.4) is 0 Å². The maximum Gasteiger partial charge on any atom is 0.416 e. The van der Waals surface area contributed by atoms with Gasteiger partial charge in [0.1, 0.15) is 0 Å². The lowest BCUT2D eigenvalue weighted by molar-refractivity contribution is -0.881. The quantitative estimate of drug-likeness (QED) is 0.692. The van der Waals surface area contributed by atoms with Gasteiger partial charge in [0, 0.05) is 11.7 Å². The molecule has 0 aliphatic rings. The van der Waals surface area contributed by atoms with E-state index in [4.69, 9.17) is 0 Å². The van der Waals surface area contributed by atoms with Gasteiger partial charge >= 0.3 is 6.18 Å². The van der Waals surface area contributed by atoms with Crippen molar-refractivity contribution in [2.75, 3.05) is 25.0 Å². The molecule has 0 fully saturated rings. The minimum Gasteiger partial charge on any atom is -0.349 e. The van der Waals surface area contributed by atoms with Gasteiger partial charge in [0.15, 0.2) is 13.1 Å². The molecule has 134 valence electrons. The van der Waals surface area contributed by atoms with Crippen LogP contribution in [-0.2, 0) is 15.8 Å². The first-order chi connectivity index (χ1) is 11.1. The number of anilines is 1. The molecule has 0 aliphatic heterocycles. The Labute approximate surface area is 139 Å². The number of carbonyl (C=O) groups excluding carboxylic acids is 2. The average molecular weight is 346 g/mol. The third-order valence-corrected chi connectivity index (χ3v) is 3.24. The Morgan fingerprint density at radius 1 is 1.17 bits per heavy atom. The number of hydrogen-bond acceptors (Lipinski definition) is 2. The molecule has 0 radical (unpaired) electrons. The molecule has 1 unspecified atom stereocenters. The van der Waals surface area contributed by atoms with Gasteiger partial charge in [0.05, 0.1) is 12.1 Å². The summed E-state index contributed by atoms with van der Waals surface area (Å²) in [6.07, 6.45) is -4.46. The fourth-order valence-corrected chi connectivity index (χ4v) is 2.12. The van der Waals surface area contributed by atoms with Crippen molar-refractivity contribution in [1.29, 1.82) is 0 Å². The van der Waals surface area contributed by atoms with Gasteiger partial charge in [0.25, 0.3) is 11.8 Å². The van der Waals surface area contributed by atoms with E-state index in [1.54, 1.807) is 0 Å². The summed E-state index contributed by atoms with van der Waals surface area (Å²) in [4.78, 5) is 24.5. The van der Waals surface area contributed by atoms with Crippen LogP contribution < -0.4 is 15.5 Å². The summed E-state index contributed by atoms with van der Waals surface area (Å²) < 4.78 is 38.0. The molecule has 0 spiro atoms. The number of carbonyl (C=O) groups is 2. The molecular formula is C16H23F3N3O2+. The Morgan fingerprint density at radius 3 is 2.33 bits per heavy atom. The lowest BCUT2D eigenvalue weighted by Crippen LogP contribution is -3.14. The third-order valence-electron chi connectivity index (χ3n) is 3.24. The van der Waals surface area contributed by atoms with Gasteiger partial charge in [-0.1, -0.05) is 6.07 Å². The van der Waals surface area contributed by atoms with Crippen molar-refractivity contribution in [3.8, 4) is 0 Å². The van der Waals surface area contributed by atoms with Crippen molar-refractivity contribution in [3.63, 3.8) is 0 Å². The van der Waals surface area contributed by atoms with Crippen LogP contribution in [0.4, 0.5) is 18.9 Å². The molecule has 0 saturated carbocycles. The fraction of sp³-hybridized carbons (Fsp3) is 0.500. The summed E-state index contributed by atoms with van der Waals surface area (Å²) >= 11 is 0. The van der Waals surface area contributed by atoms with Crippen LogP contribution in [0.1, 0.15) is 26.3 Å². The zero-order valence-corrected chi connectivity index (χ0v) is 14.0. The van der Waals surface area contributed by atoms with Crippen molar-refractivity contribution in [3.05, 3.63) is 29.8 Å². The summed E-state index contributed by atoms with van der Waals surface area (Å²) in [5, 5.41) is 5.18. The second-order valence-corrected chi connectivity index (χ2v) is 5.81.